The highest BCUT2D eigenvalue weighted by atomic mass is 16.5. The van der Waals surface area contributed by atoms with Gasteiger partial charge in [0.05, 0.1) is 33.1 Å². The average Bonchev–Trinajstić information content (AvgIpc) is 4.17. The minimum atomic E-state index is 0.781. The zero-order valence-electron chi connectivity index (χ0n) is 38.2. The second kappa shape index (κ2) is 15.4. The van der Waals surface area contributed by atoms with E-state index in [2.05, 4.69) is 243 Å². The van der Waals surface area contributed by atoms with Gasteiger partial charge in [-0.3, -0.25) is 4.98 Å². The van der Waals surface area contributed by atoms with Gasteiger partial charge in [-0.15, -0.1) is 0 Å². The summed E-state index contributed by atoms with van der Waals surface area (Å²) in [5.41, 5.74) is 16.5. The number of fused-ring (bicyclic) bond motifs is 12. The van der Waals surface area contributed by atoms with E-state index in [0.717, 1.165) is 105 Å². The molecule has 6 nitrogen and oxygen atoms in total. The van der Waals surface area contributed by atoms with Crippen LogP contribution in [-0.4, -0.2) is 18.7 Å². The zero-order valence-corrected chi connectivity index (χ0v) is 38.2. The van der Waals surface area contributed by atoms with Gasteiger partial charge >= 0.3 is 0 Å². The molecular formula is C65H40N4O2. The normalized spacial score (nSPS) is 11.9. The van der Waals surface area contributed by atoms with Gasteiger partial charge in [0.1, 0.15) is 22.7 Å². The third kappa shape index (κ3) is 6.18. The molecular weight excluding hydrogens is 869 g/mol. The Hall–Kier alpha value is -9.65. The summed E-state index contributed by atoms with van der Waals surface area (Å²) in [4.78, 5) is 4.36. The number of pyridine rings is 1. The Morgan fingerprint density at radius 3 is 1.32 bits per heavy atom. The summed E-state index contributed by atoms with van der Waals surface area (Å²) in [5, 5.41) is 9.15. The molecule has 0 aliphatic carbocycles. The van der Waals surface area contributed by atoms with Crippen LogP contribution in [0.25, 0.3) is 127 Å². The van der Waals surface area contributed by atoms with Gasteiger partial charge in [-0.2, -0.15) is 0 Å². The number of benzene rings is 10. The van der Waals surface area contributed by atoms with E-state index in [1.165, 1.54) is 32.8 Å². The minimum Gasteiger partial charge on any atom is -0.457 e. The van der Waals surface area contributed by atoms with E-state index in [4.69, 9.17) is 9.15 Å². The van der Waals surface area contributed by atoms with Crippen LogP contribution in [0.4, 0.5) is 0 Å². The highest BCUT2D eigenvalue weighted by Crippen LogP contribution is 2.41. The number of ether oxygens (including phenoxy) is 1. The molecule has 0 saturated carbocycles. The molecule has 0 aliphatic rings. The van der Waals surface area contributed by atoms with Gasteiger partial charge in [0.15, 0.2) is 0 Å². The number of hydrogen-bond donors (Lipinski definition) is 0. The topological polar surface area (TPSA) is 50.0 Å². The van der Waals surface area contributed by atoms with Gasteiger partial charge in [-0.25, -0.2) is 0 Å². The Morgan fingerprint density at radius 2 is 0.732 bits per heavy atom. The van der Waals surface area contributed by atoms with Crippen LogP contribution in [0.2, 0.25) is 0 Å². The van der Waals surface area contributed by atoms with E-state index in [1.807, 2.05) is 12.3 Å². The summed E-state index contributed by atoms with van der Waals surface area (Å²) in [5.74, 6) is 1.56. The third-order valence-electron chi connectivity index (χ3n) is 14.4. The summed E-state index contributed by atoms with van der Waals surface area (Å²) in [6.45, 7) is 0. The standard InChI is InChI=1S/C65H40N4O2/c1-2-14-45(15-3-1)67-58-21-7-4-18-50(58)53-36-43(24-28-61(53)67)41-12-10-16-46(34-41)68-59-22-8-5-19-51(59)54-38-48(26-29-62(54)68)70-49-27-30-63-55(39-49)52-20-6-9-23-60(52)69(63)47-17-11-13-42(35-47)44-25-31-64-56(37-44)57-40-66-33-32-65(57)71-64/h1-40H. The van der Waals surface area contributed by atoms with Crippen LogP contribution in [0.1, 0.15) is 0 Å². The molecule has 15 rings (SSSR count). The Morgan fingerprint density at radius 1 is 0.296 bits per heavy atom. The van der Waals surface area contributed by atoms with Crippen LogP contribution >= 0.6 is 0 Å². The first-order valence-electron chi connectivity index (χ1n) is 24.0. The molecule has 71 heavy (non-hydrogen) atoms. The molecule has 0 bridgehead atoms. The lowest BCUT2D eigenvalue weighted by atomic mass is 10.0. The van der Waals surface area contributed by atoms with Gasteiger partial charge in [0.2, 0.25) is 0 Å². The first-order chi connectivity index (χ1) is 35.2. The van der Waals surface area contributed by atoms with Crippen molar-refractivity contribution in [3.8, 4) is 50.8 Å². The van der Waals surface area contributed by atoms with Crippen molar-refractivity contribution in [3.05, 3.63) is 243 Å². The third-order valence-corrected chi connectivity index (χ3v) is 14.4. The fourth-order valence-electron chi connectivity index (χ4n) is 11.2. The zero-order chi connectivity index (χ0) is 46.6. The predicted octanol–water partition coefficient (Wildman–Crippen LogP) is 17.4. The second-order valence-corrected chi connectivity index (χ2v) is 18.4. The summed E-state index contributed by atoms with van der Waals surface area (Å²) in [7, 11) is 0. The lowest BCUT2D eigenvalue weighted by Gasteiger charge is -2.12. The molecule has 0 amide bonds. The van der Waals surface area contributed by atoms with Crippen molar-refractivity contribution >= 4 is 87.4 Å². The van der Waals surface area contributed by atoms with Gasteiger partial charge in [0.25, 0.3) is 0 Å². The monoisotopic (exact) mass is 908 g/mol. The molecule has 0 unspecified atom stereocenters. The molecule has 5 aromatic heterocycles. The fourth-order valence-corrected chi connectivity index (χ4v) is 11.2. The molecule has 0 spiro atoms. The average molecular weight is 909 g/mol. The van der Waals surface area contributed by atoms with Gasteiger partial charge < -0.3 is 22.9 Å². The Balaban J connectivity index is 0.781. The smallest absolute Gasteiger partial charge is 0.138 e. The quantitative estimate of drug-likeness (QED) is 0.160. The lowest BCUT2D eigenvalue weighted by molar-refractivity contribution is 0.484. The van der Waals surface area contributed by atoms with E-state index >= 15 is 0 Å². The molecule has 0 atom stereocenters. The second-order valence-electron chi connectivity index (χ2n) is 18.4. The van der Waals surface area contributed by atoms with Crippen LogP contribution in [0.15, 0.2) is 247 Å². The van der Waals surface area contributed by atoms with E-state index in [-0.39, 0.29) is 0 Å². The highest BCUT2D eigenvalue weighted by Gasteiger charge is 2.19. The molecule has 0 saturated heterocycles. The maximum absolute atomic E-state index is 6.80. The number of hydrogen-bond acceptors (Lipinski definition) is 3. The van der Waals surface area contributed by atoms with Crippen molar-refractivity contribution in [2.24, 2.45) is 0 Å². The van der Waals surface area contributed by atoms with E-state index in [0.29, 0.717) is 0 Å². The van der Waals surface area contributed by atoms with E-state index in [1.54, 1.807) is 6.20 Å². The largest absolute Gasteiger partial charge is 0.457 e. The van der Waals surface area contributed by atoms with Crippen molar-refractivity contribution in [3.63, 3.8) is 0 Å². The molecule has 6 heteroatoms. The molecule has 0 fully saturated rings. The fraction of sp³-hybridized carbons (Fsp3) is 0. The predicted molar refractivity (Wildman–Crippen MR) is 292 cm³/mol. The first kappa shape index (κ1) is 39.4. The summed E-state index contributed by atoms with van der Waals surface area (Å²) in [6.07, 6.45) is 3.65. The molecule has 0 aliphatic heterocycles. The molecule has 10 aromatic carbocycles. The highest BCUT2D eigenvalue weighted by molar-refractivity contribution is 6.13. The Kier molecular flexibility index (Phi) is 8.56. The maximum Gasteiger partial charge on any atom is 0.138 e. The maximum atomic E-state index is 6.80. The van der Waals surface area contributed by atoms with Crippen molar-refractivity contribution in [2.45, 2.75) is 0 Å². The van der Waals surface area contributed by atoms with Crippen LogP contribution in [0, 0.1) is 0 Å². The minimum absolute atomic E-state index is 0.781. The van der Waals surface area contributed by atoms with E-state index in [9.17, 15) is 0 Å². The first-order valence-corrected chi connectivity index (χ1v) is 24.0. The van der Waals surface area contributed by atoms with Gasteiger partial charge in [0, 0.05) is 72.5 Å². The number of nitrogens with zero attached hydrogens (tertiary/aromatic N) is 4. The molecule has 15 aromatic rings. The summed E-state index contributed by atoms with van der Waals surface area (Å²) in [6, 6.07) is 82.4. The van der Waals surface area contributed by atoms with Crippen LogP contribution in [-0.2, 0) is 0 Å². The molecule has 0 N–H and O–H groups in total. The summed E-state index contributed by atoms with van der Waals surface area (Å²) < 4.78 is 20.0. The summed E-state index contributed by atoms with van der Waals surface area (Å²) >= 11 is 0. The Labute approximate surface area is 407 Å². The number of rotatable bonds is 7. The number of para-hydroxylation sites is 4. The molecule has 332 valence electrons. The molecule has 5 heterocycles. The van der Waals surface area contributed by atoms with Crippen molar-refractivity contribution in [1.29, 1.82) is 0 Å². The van der Waals surface area contributed by atoms with Crippen molar-refractivity contribution in [2.75, 3.05) is 0 Å². The number of furan rings is 1. The van der Waals surface area contributed by atoms with Gasteiger partial charge in [-0.05, 0) is 144 Å². The van der Waals surface area contributed by atoms with Gasteiger partial charge in [-0.1, -0.05) is 109 Å². The van der Waals surface area contributed by atoms with Crippen LogP contribution in [0.3, 0.4) is 0 Å². The molecule has 0 radical (unpaired) electrons. The van der Waals surface area contributed by atoms with Crippen molar-refractivity contribution < 1.29 is 9.15 Å². The van der Waals surface area contributed by atoms with Crippen LogP contribution in [0.5, 0.6) is 11.5 Å². The Bertz CT molecular complexity index is 4630. The van der Waals surface area contributed by atoms with Crippen molar-refractivity contribution in [1.82, 2.24) is 18.7 Å². The van der Waals surface area contributed by atoms with E-state index < -0.39 is 0 Å². The number of aromatic nitrogens is 4. The van der Waals surface area contributed by atoms with Crippen LogP contribution < -0.4 is 4.74 Å². The lowest BCUT2D eigenvalue weighted by Crippen LogP contribution is -1.95. The SMILES string of the molecule is c1ccc(-n2c3ccccc3c3cc(-c4cccc(-n5c6ccccc6c6cc(Oc7ccc8c(c7)c7ccccc7n8-c7cccc(-c8ccc9oc%10ccncc%10c9c8)c7)ccc65)c4)ccc32)cc1.